The van der Waals surface area contributed by atoms with Gasteiger partial charge in [0.15, 0.2) is 0 Å². The van der Waals surface area contributed by atoms with Crippen molar-refractivity contribution in [2.45, 2.75) is 52.0 Å². The minimum atomic E-state index is 0.549. The first-order chi connectivity index (χ1) is 9.83. The number of aromatic nitrogens is 2. The third kappa shape index (κ3) is 4.17. The minimum absolute atomic E-state index is 0.549. The van der Waals surface area contributed by atoms with E-state index in [1.807, 2.05) is 24.3 Å². The molecule has 2 aromatic rings. The Hall–Kier alpha value is -1.68. The van der Waals surface area contributed by atoms with Gasteiger partial charge < -0.3 is 10.2 Å². The van der Waals surface area contributed by atoms with Gasteiger partial charge in [0.05, 0.1) is 0 Å². The molecule has 0 aliphatic rings. The van der Waals surface area contributed by atoms with Gasteiger partial charge in [-0.2, -0.15) is 0 Å². The Labute approximate surface area is 120 Å². The van der Waals surface area contributed by atoms with Gasteiger partial charge in [-0.1, -0.05) is 44.7 Å². The molecule has 0 aliphatic heterocycles. The fraction of sp³-hybridized carbons (Fsp3) is 0.500. The molecule has 0 saturated heterocycles. The molecule has 0 unspecified atom stereocenters. The van der Waals surface area contributed by atoms with Gasteiger partial charge in [-0.3, -0.25) is 0 Å². The van der Waals surface area contributed by atoms with E-state index in [9.17, 15) is 0 Å². The maximum Gasteiger partial charge on any atom is 0.247 e. The van der Waals surface area contributed by atoms with Crippen molar-refractivity contribution in [1.29, 1.82) is 0 Å². The van der Waals surface area contributed by atoms with E-state index in [4.69, 9.17) is 10.2 Å². The fourth-order valence-corrected chi connectivity index (χ4v) is 2.13. The van der Waals surface area contributed by atoms with Gasteiger partial charge in [0, 0.05) is 18.5 Å². The average molecular weight is 273 g/mol. The Bertz CT molecular complexity index is 505. The first-order valence-electron chi connectivity index (χ1n) is 7.45. The van der Waals surface area contributed by atoms with Crippen LogP contribution in [0.2, 0.25) is 0 Å². The van der Waals surface area contributed by atoms with Crippen molar-refractivity contribution in [3.05, 3.63) is 35.7 Å². The molecule has 0 aliphatic carbocycles. The Balaban J connectivity index is 1.87. The standard InChI is InChI=1S/C16H23N3O/c1-2-3-4-5-6-7-15-18-19-16(20-15)14-10-8-13(12-17)9-11-14/h8-11H,2-7,12,17H2,1H3. The smallest absolute Gasteiger partial charge is 0.247 e. The maximum absolute atomic E-state index is 5.70. The fourth-order valence-electron chi connectivity index (χ4n) is 2.13. The summed E-state index contributed by atoms with van der Waals surface area (Å²) in [6.45, 7) is 2.77. The second-order valence-electron chi connectivity index (χ2n) is 5.07. The number of hydrogen-bond donors (Lipinski definition) is 1. The molecule has 108 valence electrons. The molecular weight excluding hydrogens is 250 g/mol. The molecule has 2 rings (SSSR count). The van der Waals surface area contributed by atoms with Crippen LogP contribution < -0.4 is 5.73 Å². The first kappa shape index (κ1) is 14.7. The Morgan fingerprint density at radius 2 is 1.75 bits per heavy atom. The number of benzene rings is 1. The predicted molar refractivity (Wildman–Crippen MR) is 80.1 cm³/mol. The molecule has 0 spiro atoms. The van der Waals surface area contributed by atoms with Crippen LogP contribution in [0.4, 0.5) is 0 Å². The molecule has 0 saturated carbocycles. The van der Waals surface area contributed by atoms with Crippen molar-refractivity contribution in [3.8, 4) is 11.5 Å². The van der Waals surface area contributed by atoms with Crippen molar-refractivity contribution in [2.75, 3.05) is 0 Å². The number of rotatable bonds is 8. The quantitative estimate of drug-likeness (QED) is 0.745. The SMILES string of the molecule is CCCCCCCc1nnc(-c2ccc(CN)cc2)o1. The summed E-state index contributed by atoms with van der Waals surface area (Å²) in [5.41, 5.74) is 7.63. The van der Waals surface area contributed by atoms with Gasteiger partial charge in [0.25, 0.3) is 0 Å². The van der Waals surface area contributed by atoms with Crippen LogP contribution in [0.1, 0.15) is 50.5 Å². The van der Waals surface area contributed by atoms with Gasteiger partial charge >= 0.3 is 0 Å². The van der Waals surface area contributed by atoms with Gasteiger partial charge in [0.1, 0.15) is 0 Å². The van der Waals surface area contributed by atoms with E-state index in [1.165, 1.54) is 25.7 Å². The zero-order valence-electron chi connectivity index (χ0n) is 12.1. The van der Waals surface area contributed by atoms with Crippen molar-refractivity contribution in [3.63, 3.8) is 0 Å². The number of aryl methyl sites for hydroxylation is 1. The lowest BCUT2D eigenvalue weighted by Gasteiger charge is -1.98. The van der Waals surface area contributed by atoms with Crippen LogP contribution in [-0.4, -0.2) is 10.2 Å². The van der Waals surface area contributed by atoms with Crippen molar-refractivity contribution in [2.24, 2.45) is 5.73 Å². The summed E-state index contributed by atoms with van der Waals surface area (Å²) in [5.74, 6) is 1.33. The lowest BCUT2D eigenvalue weighted by atomic mass is 10.1. The normalized spacial score (nSPS) is 10.9. The molecule has 1 heterocycles. The zero-order valence-corrected chi connectivity index (χ0v) is 12.1. The number of unbranched alkanes of at least 4 members (excludes halogenated alkanes) is 4. The summed E-state index contributed by atoms with van der Waals surface area (Å²) >= 11 is 0. The van der Waals surface area contributed by atoms with Crippen LogP contribution in [0, 0.1) is 0 Å². The van der Waals surface area contributed by atoms with Crippen LogP contribution in [0.25, 0.3) is 11.5 Å². The molecular formula is C16H23N3O. The van der Waals surface area contributed by atoms with E-state index in [0.717, 1.165) is 29.9 Å². The summed E-state index contributed by atoms with van der Waals surface area (Å²) in [4.78, 5) is 0. The second kappa shape index (κ2) is 7.80. The highest BCUT2D eigenvalue weighted by atomic mass is 16.4. The largest absolute Gasteiger partial charge is 0.421 e. The molecule has 1 aromatic heterocycles. The third-order valence-corrected chi connectivity index (χ3v) is 3.40. The topological polar surface area (TPSA) is 64.9 Å². The second-order valence-corrected chi connectivity index (χ2v) is 5.07. The number of nitrogens with zero attached hydrogens (tertiary/aromatic N) is 2. The first-order valence-corrected chi connectivity index (χ1v) is 7.45. The van der Waals surface area contributed by atoms with Gasteiger partial charge in [-0.25, -0.2) is 0 Å². The summed E-state index contributed by atoms with van der Waals surface area (Å²) in [6.07, 6.45) is 7.09. The van der Waals surface area contributed by atoms with Gasteiger partial charge in [-0.05, 0) is 24.1 Å². The maximum atomic E-state index is 5.70. The van der Waals surface area contributed by atoms with Gasteiger partial charge in [-0.15, -0.1) is 10.2 Å². The lowest BCUT2D eigenvalue weighted by molar-refractivity contribution is 0.488. The number of nitrogens with two attached hydrogens (primary N) is 1. The molecule has 0 atom stereocenters. The van der Waals surface area contributed by atoms with E-state index >= 15 is 0 Å². The summed E-state index contributed by atoms with van der Waals surface area (Å²) < 4.78 is 5.70. The van der Waals surface area contributed by atoms with E-state index in [2.05, 4.69) is 17.1 Å². The average Bonchev–Trinajstić information content (AvgIpc) is 2.96. The molecule has 0 fully saturated rings. The Morgan fingerprint density at radius 1 is 1.00 bits per heavy atom. The van der Waals surface area contributed by atoms with E-state index in [0.29, 0.717) is 12.4 Å². The van der Waals surface area contributed by atoms with E-state index in [-0.39, 0.29) is 0 Å². The zero-order chi connectivity index (χ0) is 14.2. The Morgan fingerprint density at radius 3 is 2.45 bits per heavy atom. The van der Waals surface area contributed by atoms with Crippen molar-refractivity contribution in [1.82, 2.24) is 10.2 Å². The highest BCUT2D eigenvalue weighted by Gasteiger charge is 2.08. The predicted octanol–water partition coefficient (Wildman–Crippen LogP) is 3.71. The van der Waals surface area contributed by atoms with Crippen LogP contribution >= 0.6 is 0 Å². The van der Waals surface area contributed by atoms with E-state index in [1.54, 1.807) is 0 Å². The molecule has 0 amide bonds. The third-order valence-electron chi connectivity index (χ3n) is 3.40. The van der Waals surface area contributed by atoms with Crippen molar-refractivity contribution >= 4 is 0 Å². The molecule has 4 heteroatoms. The molecule has 20 heavy (non-hydrogen) atoms. The monoisotopic (exact) mass is 273 g/mol. The lowest BCUT2D eigenvalue weighted by Crippen LogP contribution is -1.95. The van der Waals surface area contributed by atoms with Crippen LogP contribution in [0.5, 0.6) is 0 Å². The summed E-state index contributed by atoms with van der Waals surface area (Å²) in [5, 5.41) is 8.22. The minimum Gasteiger partial charge on any atom is -0.421 e. The molecule has 2 N–H and O–H groups in total. The molecule has 1 aromatic carbocycles. The van der Waals surface area contributed by atoms with Crippen LogP contribution in [0.15, 0.2) is 28.7 Å². The molecule has 4 nitrogen and oxygen atoms in total. The molecule has 0 bridgehead atoms. The number of hydrogen-bond acceptors (Lipinski definition) is 4. The van der Waals surface area contributed by atoms with Gasteiger partial charge in [0.2, 0.25) is 11.8 Å². The highest BCUT2D eigenvalue weighted by molar-refractivity contribution is 5.52. The highest BCUT2D eigenvalue weighted by Crippen LogP contribution is 2.19. The van der Waals surface area contributed by atoms with Crippen LogP contribution in [-0.2, 0) is 13.0 Å². The van der Waals surface area contributed by atoms with Crippen LogP contribution in [0.3, 0.4) is 0 Å². The molecule has 0 radical (unpaired) electrons. The van der Waals surface area contributed by atoms with E-state index < -0.39 is 0 Å². The Kier molecular flexibility index (Phi) is 5.74. The van der Waals surface area contributed by atoms with Crippen molar-refractivity contribution < 1.29 is 4.42 Å². The summed E-state index contributed by atoms with van der Waals surface area (Å²) in [6, 6.07) is 7.93. The summed E-state index contributed by atoms with van der Waals surface area (Å²) in [7, 11) is 0.